The number of hydrogen-bond acceptors (Lipinski definition) is 11. The van der Waals surface area contributed by atoms with Crippen LogP contribution >= 0.6 is 11.8 Å². The maximum Gasteiger partial charge on any atom is 0.187 e. The molecule has 2 aliphatic rings. The topological polar surface area (TPSA) is 169 Å². The summed E-state index contributed by atoms with van der Waals surface area (Å²) in [7, 11) is 0. The summed E-state index contributed by atoms with van der Waals surface area (Å²) >= 11 is 1.36. The van der Waals surface area contributed by atoms with Crippen LogP contribution in [0.1, 0.15) is 45.4 Å². The Morgan fingerprint density at radius 1 is 0.710 bits per heavy atom. The minimum Gasteiger partial charge on any atom is -0.394 e. The van der Waals surface area contributed by atoms with E-state index >= 15 is 0 Å². The van der Waals surface area contributed by atoms with E-state index in [0.29, 0.717) is 0 Å². The molecule has 0 saturated carbocycles. The molecule has 2 fully saturated rings. The maximum atomic E-state index is 10.6. The number of thioether (sulfide) groups is 1. The van der Waals surface area contributed by atoms with Gasteiger partial charge in [-0.2, -0.15) is 0 Å². The first kappa shape index (κ1) is 27.2. The second-order valence-corrected chi connectivity index (χ2v) is 9.35. The Bertz CT molecular complexity index is 497. The smallest absolute Gasteiger partial charge is 0.187 e. The number of ether oxygens (including phenoxy) is 3. The van der Waals surface area contributed by atoms with Crippen molar-refractivity contribution in [1.82, 2.24) is 0 Å². The first-order chi connectivity index (χ1) is 14.8. The third kappa shape index (κ3) is 7.21. The zero-order chi connectivity index (χ0) is 23.0. The summed E-state index contributed by atoms with van der Waals surface area (Å²) in [6.07, 6.45) is -5.77. The summed E-state index contributed by atoms with van der Waals surface area (Å²) in [5, 5.41) is 70.0. The average molecular weight is 471 g/mol. The van der Waals surface area contributed by atoms with E-state index in [9.17, 15) is 35.7 Å². The fraction of sp³-hybridized carbons (Fsp3) is 1.00. The van der Waals surface area contributed by atoms with Gasteiger partial charge in [0.1, 0.15) is 54.3 Å². The van der Waals surface area contributed by atoms with Crippen LogP contribution in [0.5, 0.6) is 0 Å². The van der Waals surface area contributed by atoms with E-state index in [1.54, 1.807) is 0 Å². The predicted octanol–water partition coefficient (Wildman–Crippen LogP) is -1.30. The standard InChI is InChI=1S/C20H38O10S/c1-2-3-4-5-6-7-8-31-20-17(27)15(25)18(12(10-22)29-20)30-19-16(26)14(24)13(23)11(9-21)28-19/h11-27H,2-10H2,1H3/t11-,12-,13-,14-,15+,16-,17+,18-,19+,20+/m1/s1. The van der Waals surface area contributed by atoms with Gasteiger partial charge < -0.3 is 50.0 Å². The Kier molecular flexibility index (Phi) is 11.9. The molecular formula is C20H38O10S. The van der Waals surface area contributed by atoms with Gasteiger partial charge in [-0.25, -0.2) is 0 Å². The van der Waals surface area contributed by atoms with Gasteiger partial charge in [0, 0.05) is 0 Å². The van der Waals surface area contributed by atoms with Crippen molar-refractivity contribution >= 4 is 11.8 Å². The van der Waals surface area contributed by atoms with E-state index in [4.69, 9.17) is 14.2 Å². The van der Waals surface area contributed by atoms with E-state index < -0.39 is 73.8 Å². The fourth-order valence-corrected chi connectivity index (χ4v) is 4.96. The Morgan fingerprint density at radius 3 is 2.00 bits per heavy atom. The largest absolute Gasteiger partial charge is 0.394 e. The van der Waals surface area contributed by atoms with Gasteiger partial charge in [-0.15, -0.1) is 11.8 Å². The second-order valence-electron chi connectivity index (χ2n) is 8.14. The molecule has 10 nitrogen and oxygen atoms in total. The predicted molar refractivity (Wildman–Crippen MR) is 112 cm³/mol. The Labute approximate surface area is 187 Å². The average Bonchev–Trinajstić information content (AvgIpc) is 2.77. The van der Waals surface area contributed by atoms with Crippen molar-refractivity contribution < 1.29 is 50.0 Å². The highest BCUT2D eigenvalue weighted by molar-refractivity contribution is 7.99. The zero-order valence-corrected chi connectivity index (χ0v) is 18.7. The third-order valence-electron chi connectivity index (χ3n) is 5.74. The van der Waals surface area contributed by atoms with E-state index in [0.717, 1.165) is 25.0 Å². The van der Waals surface area contributed by atoms with Crippen LogP contribution in [0.4, 0.5) is 0 Å². The van der Waals surface area contributed by atoms with Gasteiger partial charge in [0.05, 0.1) is 13.2 Å². The molecule has 0 aromatic heterocycles. The van der Waals surface area contributed by atoms with E-state index in [-0.39, 0.29) is 0 Å². The molecule has 0 aromatic carbocycles. The monoisotopic (exact) mass is 470 g/mol. The van der Waals surface area contributed by atoms with Gasteiger partial charge in [-0.3, -0.25) is 0 Å². The number of aliphatic hydroxyl groups excluding tert-OH is 7. The molecule has 0 bridgehead atoms. The lowest BCUT2D eigenvalue weighted by Gasteiger charge is -2.46. The fourth-order valence-electron chi connectivity index (χ4n) is 3.77. The summed E-state index contributed by atoms with van der Waals surface area (Å²) < 4.78 is 16.6. The molecule has 0 amide bonds. The van der Waals surface area contributed by atoms with Crippen LogP contribution in [0.15, 0.2) is 0 Å². The molecule has 0 aliphatic carbocycles. The SMILES string of the molecule is CCCCCCCCS[C@@H]1O[C@H](CO)[C@@H](O[C@@H]2O[C@H](CO)[C@@H](O)[C@@H](O)[C@H]2O)[C@@H](O)[C@@H]1O. The molecule has 2 saturated heterocycles. The number of aliphatic hydroxyl groups is 7. The highest BCUT2D eigenvalue weighted by Gasteiger charge is 2.50. The lowest BCUT2D eigenvalue weighted by molar-refractivity contribution is -0.338. The van der Waals surface area contributed by atoms with Crippen molar-refractivity contribution in [2.75, 3.05) is 19.0 Å². The van der Waals surface area contributed by atoms with E-state index in [1.165, 1.54) is 31.0 Å². The summed E-state index contributed by atoms with van der Waals surface area (Å²) in [6, 6.07) is 0. The minimum atomic E-state index is -1.67. The van der Waals surface area contributed by atoms with Crippen molar-refractivity contribution in [1.29, 1.82) is 0 Å². The summed E-state index contributed by atoms with van der Waals surface area (Å²) in [5.74, 6) is 0.733. The molecule has 2 aliphatic heterocycles. The quantitative estimate of drug-likeness (QED) is 0.169. The minimum absolute atomic E-state index is 0.514. The Hall–Kier alpha value is -0.0500. The normalized spacial score (nSPS) is 41.4. The summed E-state index contributed by atoms with van der Waals surface area (Å²) in [6.45, 7) is 1.02. The van der Waals surface area contributed by atoms with Crippen molar-refractivity contribution in [2.45, 2.75) is 106 Å². The lowest BCUT2D eigenvalue weighted by atomic mass is 9.97. The first-order valence-corrected chi connectivity index (χ1v) is 12.1. The van der Waals surface area contributed by atoms with Crippen molar-refractivity contribution in [3.63, 3.8) is 0 Å². The molecule has 2 rings (SSSR count). The molecule has 7 N–H and O–H groups in total. The van der Waals surface area contributed by atoms with Gasteiger partial charge in [0.25, 0.3) is 0 Å². The number of unbranched alkanes of at least 4 members (excludes halogenated alkanes) is 5. The van der Waals surface area contributed by atoms with Gasteiger partial charge >= 0.3 is 0 Å². The zero-order valence-electron chi connectivity index (χ0n) is 17.9. The number of hydrogen-bond donors (Lipinski definition) is 7. The third-order valence-corrected chi connectivity index (χ3v) is 6.98. The van der Waals surface area contributed by atoms with Crippen LogP contribution in [-0.2, 0) is 14.2 Å². The molecule has 184 valence electrons. The van der Waals surface area contributed by atoms with Crippen LogP contribution in [0.3, 0.4) is 0 Å². The van der Waals surface area contributed by atoms with Crippen molar-refractivity contribution in [3.8, 4) is 0 Å². The molecule has 2 heterocycles. The van der Waals surface area contributed by atoms with Gasteiger partial charge in [-0.05, 0) is 12.2 Å². The molecule has 31 heavy (non-hydrogen) atoms. The van der Waals surface area contributed by atoms with Gasteiger partial charge in [0.2, 0.25) is 0 Å². The summed E-state index contributed by atoms with van der Waals surface area (Å²) in [4.78, 5) is 0. The number of rotatable bonds is 12. The van der Waals surface area contributed by atoms with Crippen LogP contribution in [0.25, 0.3) is 0 Å². The van der Waals surface area contributed by atoms with E-state index in [2.05, 4.69) is 6.92 Å². The Balaban J connectivity index is 1.90. The maximum absolute atomic E-state index is 10.6. The van der Waals surface area contributed by atoms with Crippen LogP contribution in [0.2, 0.25) is 0 Å². The Morgan fingerprint density at radius 2 is 1.35 bits per heavy atom. The van der Waals surface area contributed by atoms with Crippen LogP contribution in [0, 0.1) is 0 Å². The first-order valence-electron chi connectivity index (χ1n) is 11.1. The molecule has 0 aromatic rings. The highest BCUT2D eigenvalue weighted by atomic mass is 32.2. The molecule has 0 spiro atoms. The summed E-state index contributed by atoms with van der Waals surface area (Å²) in [5.41, 5.74) is -0.752. The molecule has 0 radical (unpaired) electrons. The van der Waals surface area contributed by atoms with Crippen molar-refractivity contribution in [3.05, 3.63) is 0 Å². The van der Waals surface area contributed by atoms with E-state index in [1.807, 2.05) is 0 Å². The molecule has 10 atom stereocenters. The molecular weight excluding hydrogens is 432 g/mol. The van der Waals surface area contributed by atoms with Crippen LogP contribution in [-0.4, -0.2) is 115 Å². The molecule has 11 heteroatoms. The van der Waals surface area contributed by atoms with Crippen molar-refractivity contribution in [2.24, 2.45) is 0 Å². The highest BCUT2D eigenvalue weighted by Crippen LogP contribution is 2.33. The van der Waals surface area contributed by atoms with Gasteiger partial charge in [0.15, 0.2) is 6.29 Å². The van der Waals surface area contributed by atoms with Gasteiger partial charge in [-0.1, -0.05) is 39.0 Å². The van der Waals surface area contributed by atoms with Crippen LogP contribution < -0.4 is 0 Å². The molecule has 0 unspecified atom stereocenters. The lowest BCUT2D eigenvalue weighted by Crippen LogP contribution is -2.64. The second kappa shape index (κ2) is 13.6.